The zero-order valence-corrected chi connectivity index (χ0v) is 19.4. The number of benzene rings is 1. The van der Waals surface area contributed by atoms with Crippen molar-refractivity contribution in [1.82, 2.24) is 14.7 Å². The number of amides is 2. The Labute approximate surface area is 189 Å². The van der Waals surface area contributed by atoms with E-state index in [2.05, 4.69) is 29.0 Å². The summed E-state index contributed by atoms with van der Waals surface area (Å²) < 4.78 is 0. The molecule has 168 valence electrons. The van der Waals surface area contributed by atoms with Gasteiger partial charge in [0.1, 0.15) is 6.07 Å². The molecular weight excluding hydrogens is 414 g/mol. The summed E-state index contributed by atoms with van der Waals surface area (Å²) in [4.78, 5) is 31.7. The lowest BCUT2D eigenvalue weighted by atomic mass is 9.92. The van der Waals surface area contributed by atoms with Crippen LogP contribution in [0.3, 0.4) is 0 Å². The maximum atomic E-state index is 12.7. The second kappa shape index (κ2) is 10.4. The Bertz CT molecular complexity index is 837. The number of nitrogens with one attached hydrogen (secondary N) is 1. The number of nitrogens with zero attached hydrogens (tertiary/aromatic N) is 4. The Morgan fingerprint density at radius 3 is 2.42 bits per heavy atom. The SMILES string of the molecule is CC1CC(C)CN(C(=O)CN2CCN(C(C)C(=O)Nc3ccc(C#N)c(Cl)c3)CC2)C1. The number of piperazine rings is 1. The minimum Gasteiger partial charge on any atom is -0.341 e. The number of piperidine rings is 1. The van der Waals surface area contributed by atoms with Gasteiger partial charge in [0.15, 0.2) is 0 Å². The van der Waals surface area contributed by atoms with Crippen LogP contribution in [0.1, 0.15) is 32.8 Å². The van der Waals surface area contributed by atoms with Crippen LogP contribution >= 0.6 is 11.6 Å². The van der Waals surface area contributed by atoms with E-state index in [0.29, 0.717) is 34.7 Å². The van der Waals surface area contributed by atoms with Gasteiger partial charge in [0, 0.05) is 45.0 Å². The second-order valence-corrected chi connectivity index (χ2v) is 9.44. The molecule has 2 amide bonds. The van der Waals surface area contributed by atoms with E-state index in [-0.39, 0.29) is 17.9 Å². The lowest BCUT2D eigenvalue weighted by Crippen LogP contribution is -2.55. The first-order chi connectivity index (χ1) is 14.8. The summed E-state index contributed by atoms with van der Waals surface area (Å²) in [6.45, 7) is 11.5. The number of rotatable bonds is 5. The van der Waals surface area contributed by atoms with Crippen LogP contribution in [-0.2, 0) is 9.59 Å². The van der Waals surface area contributed by atoms with E-state index in [1.54, 1.807) is 18.2 Å². The van der Waals surface area contributed by atoms with E-state index in [1.165, 1.54) is 6.42 Å². The van der Waals surface area contributed by atoms with Gasteiger partial charge in [-0.1, -0.05) is 25.4 Å². The molecule has 8 heteroatoms. The van der Waals surface area contributed by atoms with Crippen LogP contribution in [0.2, 0.25) is 5.02 Å². The van der Waals surface area contributed by atoms with Crippen LogP contribution in [0.4, 0.5) is 5.69 Å². The maximum Gasteiger partial charge on any atom is 0.241 e. The van der Waals surface area contributed by atoms with Crippen molar-refractivity contribution < 1.29 is 9.59 Å². The van der Waals surface area contributed by atoms with E-state index in [0.717, 1.165) is 39.3 Å². The first kappa shape index (κ1) is 23.5. The highest BCUT2D eigenvalue weighted by Gasteiger charge is 2.29. The summed E-state index contributed by atoms with van der Waals surface area (Å²) in [5.74, 6) is 1.24. The molecule has 0 aromatic heterocycles. The molecule has 1 N–H and O–H groups in total. The largest absolute Gasteiger partial charge is 0.341 e. The predicted molar refractivity (Wildman–Crippen MR) is 122 cm³/mol. The van der Waals surface area contributed by atoms with E-state index < -0.39 is 0 Å². The number of hydrogen-bond donors (Lipinski definition) is 1. The third kappa shape index (κ3) is 6.19. The smallest absolute Gasteiger partial charge is 0.241 e. The second-order valence-electron chi connectivity index (χ2n) is 9.03. The molecule has 2 fully saturated rings. The standard InChI is InChI=1S/C23H32ClN5O2/c1-16-10-17(2)14-29(13-16)22(30)15-27-6-8-28(9-7-27)18(3)23(31)26-20-5-4-19(12-25)21(24)11-20/h4-5,11,16-18H,6-10,13-15H2,1-3H3,(H,26,31). The molecule has 7 nitrogen and oxygen atoms in total. The normalized spacial score (nSPS) is 23.8. The van der Waals surface area contributed by atoms with E-state index in [4.69, 9.17) is 16.9 Å². The summed E-state index contributed by atoms with van der Waals surface area (Å²) in [6.07, 6.45) is 1.19. The van der Waals surface area contributed by atoms with Gasteiger partial charge in [0.05, 0.1) is 23.2 Å². The number of hydrogen-bond acceptors (Lipinski definition) is 5. The third-order valence-corrected chi connectivity index (χ3v) is 6.58. The average molecular weight is 446 g/mol. The van der Waals surface area contributed by atoms with Gasteiger partial charge in [-0.05, 0) is 43.4 Å². The van der Waals surface area contributed by atoms with E-state index in [9.17, 15) is 9.59 Å². The van der Waals surface area contributed by atoms with Gasteiger partial charge in [-0.3, -0.25) is 19.4 Å². The molecular formula is C23H32ClN5O2. The van der Waals surface area contributed by atoms with Crippen LogP contribution in [-0.4, -0.2) is 78.4 Å². The van der Waals surface area contributed by atoms with Gasteiger partial charge < -0.3 is 10.2 Å². The Hall–Kier alpha value is -2.14. The van der Waals surface area contributed by atoms with Gasteiger partial charge in [0.2, 0.25) is 11.8 Å². The van der Waals surface area contributed by atoms with Gasteiger partial charge in [0.25, 0.3) is 0 Å². The molecule has 2 heterocycles. The molecule has 0 saturated carbocycles. The first-order valence-electron chi connectivity index (χ1n) is 11.0. The predicted octanol–water partition coefficient (Wildman–Crippen LogP) is 2.66. The van der Waals surface area contributed by atoms with Gasteiger partial charge in [-0.2, -0.15) is 5.26 Å². The molecule has 0 bridgehead atoms. The molecule has 0 spiro atoms. The highest BCUT2D eigenvalue weighted by atomic mass is 35.5. The first-order valence-corrected chi connectivity index (χ1v) is 11.4. The van der Waals surface area contributed by atoms with Crippen molar-refractivity contribution in [3.8, 4) is 6.07 Å². The Balaban J connectivity index is 1.46. The average Bonchev–Trinajstić information content (AvgIpc) is 2.73. The van der Waals surface area contributed by atoms with Crippen molar-refractivity contribution in [1.29, 1.82) is 5.26 Å². The van der Waals surface area contributed by atoms with Crippen molar-refractivity contribution >= 4 is 29.1 Å². The molecule has 3 atom stereocenters. The summed E-state index contributed by atoms with van der Waals surface area (Å²) in [7, 11) is 0. The van der Waals surface area contributed by atoms with Crippen LogP contribution in [0.5, 0.6) is 0 Å². The van der Waals surface area contributed by atoms with E-state index >= 15 is 0 Å². The van der Waals surface area contributed by atoms with Gasteiger partial charge in [-0.25, -0.2) is 0 Å². The monoisotopic (exact) mass is 445 g/mol. The van der Waals surface area contributed by atoms with E-state index in [1.807, 2.05) is 17.9 Å². The van der Waals surface area contributed by atoms with Crippen molar-refractivity contribution in [2.75, 3.05) is 51.1 Å². The van der Waals surface area contributed by atoms with Crippen LogP contribution < -0.4 is 5.32 Å². The van der Waals surface area contributed by atoms with Crippen molar-refractivity contribution in [3.63, 3.8) is 0 Å². The zero-order chi connectivity index (χ0) is 22.5. The number of nitriles is 1. The number of halogens is 1. The molecule has 1 aromatic rings. The lowest BCUT2D eigenvalue weighted by molar-refractivity contribution is -0.136. The molecule has 1 aromatic carbocycles. The zero-order valence-electron chi connectivity index (χ0n) is 18.6. The van der Waals surface area contributed by atoms with Crippen LogP contribution in [0.15, 0.2) is 18.2 Å². The number of anilines is 1. The highest BCUT2D eigenvalue weighted by molar-refractivity contribution is 6.32. The topological polar surface area (TPSA) is 79.7 Å². The summed E-state index contributed by atoms with van der Waals surface area (Å²) in [6, 6.07) is 6.59. The maximum absolute atomic E-state index is 12.7. The molecule has 2 aliphatic heterocycles. The number of carbonyl (C=O) groups is 2. The number of carbonyl (C=O) groups excluding carboxylic acids is 2. The van der Waals surface area contributed by atoms with Crippen molar-refractivity contribution in [2.45, 2.75) is 33.2 Å². The Morgan fingerprint density at radius 2 is 1.84 bits per heavy atom. The molecule has 3 unspecified atom stereocenters. The highest BCUT2D eigenvalue weighted by Crippen LogP contribution is 2.22. The molecule has 0 radical (unpaired) electrons. The lowest BCUT2D eigenvalue weighted by Gasteiger charge is -2.39. The summed E-state index contributed by atoms with van der Waals surface area (Å²) >= 11 is 6.05. The van der Waals surface area contributed by atoms with Crippen molar-refractivity contribution in [3.05, 3.63) is 28.8 Å². The molecule has 31 heavy (non-hydrogen) atoms. The number of likely N-dealkylation sites (tertiary alicyclic amines) is 1. The quantitative estimate of drug-likeness (QED) is 0.753. The molecule has 2 saturated heterocycles. The third-order valence-electron chi connectivity index (χ3n) is 6.27. The fourth-order valence-electron chi connectivity index (χ4n) is 4.56. The molecule has 2 aliphatic rings. The Kier molecular flexibility index (Phi) is 7.93. The summed E-state index contributed by atoms with van der Waals surface area (Å²) in [5.41, 5.74) is 0.960. The minimum atomic E-state index is -0.295. The molecule has 3 rings (SSSR count). The van der Waals surface area contributed by atoms with Crippen LogP contribution in [0.25, 0.3) is 0 Å². The summed E-state index contributed by atoms with van der Waals surface area (Å²) in [5, 5.41) is 12.2. The van der Waals surface area contributed by atoms with Gasteiger partial charge in [-0.15, -0.1) is 0 Å². The Morgan fingerprint density at radius 1 is 1.19 bits per heavy atom. The van der Waals surface area contributed by atoms with Gasteiger partial charge >= 0.3 is 0 Å². The fraction of sp³-hybridized carbons (Fsp3) is 0.609. The molecule has 0 aliphatic carbocycles. The minimum absolute atomic E-state index is 0.110. The fourth-order valence-corrected chi connectivity index (χ4v) is 4.79. The van der Waals surface area contributed by atoms with Crippen molar-refractivity contribution in [2.24, 2.45) is 11.8 Å². The van der Waals surface area contributed by atoms with Crippen LogP contribution in [0, 0.1) is 23.2 Å².